The van der Waals surface area contributed by atoms with Gasteiger partial charge in [-0.25, -0.2) is 0 Å². The third kappa shape index (κ3) is 4.85. The Bertz CT molecular complexity index is 773. The number of hydrogen-bond donors (Lipinski definition) is 1. The second kappa shape index (κ2) is 9.19. The smallest absolute Gasteiger partial charge is 0.251 e. The lowest BCUT2D eigenvalue weighted by atomic mass is 9.82. The maximum atomic E-state index is 12.8. The Morgan fingerprint density at radius 1 is 0.900 bits per heavy atom. The second-order valence-corrected chi connectivity index (χ2v) is 9.09. The first kappa shape index (κ1) is 20.9. The van der Waals surface area contributed by atoms with Gasteiger partial charge in [0.15, 0.2) is 5.78 Å². The molecule has 1 aromatic rings. The van der Waals surface area contributed by atoms with Crippen molar-refractivity contribution in [3.05, 3.63) is 29.8 Å². The van der Waals surface area contributed by atoms with E-state index in [0.717, 1.165) is 70.4 Å². The predicted molar refractivity (Wildman–Crippen MR) is 116 cm³/mol. The zero-order chi connectivity index (χ0) is 21.1. The summed E-state index contributed by atoms with van der Waals surface area (Å²) >= 11 is 0. The minimum Gasteiger partial charge on any atom is -0.368 e. The summed E-state index contributed by atoms with van der Waals surface area (Å²) in [5, 5.41) is 2.99. The van der Waals surface area contributed by atoms with Gasteiger partial charge in [-0.3, -0.25) is 14.4 Å². The molecule has 6 nitrogen and oxygen atoms in total. The number of rotatable bonds is 6. The van der Waals surface area contributed by atoms with Gasteiger partial charge in [0.1, 0.15) is 0 Å². The first-order valence-corrected chi connectivity index (χ1v) is 11.5. The summed E-state index contributed by atoms with van der Waals surface area (Å²) < 4.78 is 0. The normalized spacial score (nSPS) is 21.2. The second-order valence-electron chi connectivity index (χ2n) is 9.09. The third-order valence-corrected chi connectivity index (χ3v) is 6.86. The molecular weight excluding hydrogens is 378 g/mol. The lowest BCUT2D eigenvalue weighted by Crippen LogP contribution is -2.49. The highest BCUT2D eigenvalue weighted by molar-refractivity contribution is 5.97. The molecule has 1 atom stereocenters. The van der Waals surface area contributed by atoms with Crippen molar-refractivity contribution in [2.75, 3.05) is 31.1 Å². The van der Waals surface area contributed by atoms with Crippen LogP contribution in [0.2, 0.25) is 0 Å². The Hall–Kier alpha value is -2.37. The molecule has 1 heterocycles. The fraction of sp³-hybridized carbons (Fsp3) is 0.625. The van der Waals surface area contributed by atoms with Gasteiger partial charge in [-0.05, 0) is 62.8 Å². The van der Waals surface area contributed by atoms with E-state index < -0.39 is 0 Å². The van der Waals surface area contributed by atoms with E-state index in [4.69, 9.17) is 0 Å². The van der Waals surface area contributed by atoms with E-state index in [9.17, 15) is 14.4 Å². The van der Waals surface area contributed by atoms with Gasteiger partial charge in [-0.1, -0.05) is 19.3 Å². The Morgan fingerprint density at radius 2 is 1.53 bits per heavy atom. The van der Waals surface area contributed by atoms with E-state index in [2.05, 4.69) is 10.2 Å². The number of carbonyl (C=O) groups excluding carboxylic acids is 3. The molecule has 0 aromatic heterocycles. The number of benzene rings is 1. The molecule has 1 saturated heterocycles. The largest absolute Gasteiger partial charge is 0.368 e. The summed E-state index contributed by atoms with van der Waals surface area (Å²) in [6, 6.07) is 7.23. The van der Waals surface area contributed by atoms with Gasteiger partial charge in [0.2, 0.25) is 5.91 Å². The highest BCUT2D eigenvalue weighted by atomic mass is 16.2. The zero-order valence-corrected chi connectivity index (χ0v) is 17.9. The monoisotopic (exact) mass is 411 g/mol. The van der Waals surface area contributed by atoms with Crippen LogP contribution in [0, 0.1) is 11.8 Å². The van der Waals surface area contributed by atoms with Crippen molar-refractivity contribution in [3.8, 4) is 0 Å². The maximum Gasteiger partial charge on any atom is 0.251 e. The van der Waals surface area contributed by atoms with E-state index in [-0.39, 0.29) is 29.6 Å². The molecule has 1 N–H and O–H groups in total. The number of nitrogens with one attached hydrogen (secondary N) is 1. The van der Waals surface area contributed by atoms with Crippen LogP contribution in [0.1, 0.15) is 62.2 Å². The average Bonchev–Trinajstić information content (AvgIpc) is 3.63. The molecule has 0 bridgehead atoms. The molecule has 162 valence electrons. The maximum absolute atomic E-state index is 12.8. The van der Waals surface area contributed by atoms with Crippen molar-refractivity contribution in [1.82, 2.24) is 10.2 Å². The first-order valence-electron chi connectivity index (χ1n) is 11.5. The molecular formula is C24H33N3O3. The van der Waals surface area contributed by atoms with E-state index in [1.165, 1.54) is 6.42 Å². The third-order valence-electron chi connectivity index (χ3n) is 6.86. The highest BCUT2D eigenvalue weighted by Gasteiger charge is 2.34. The summed E-state index contributed by atoms with van der Waals surface area (Å²) in [7, 11) is 0. The van der Waals surface area contributed by atoms with Crippen molar-refractivity contribution in [2.45, 2.75) is 57.9 Å². The number of Topliss-reactive ketones (excluding diaryl/α,β-unsaturated/α-hetero) is 1. The molecule has 30 heavy (non-hydrogen) atoms. The van der Waals surface area contributed by atoms with Gasteiger partial charge in [0.25, 0.3) is 5.91 Å². The fourth-order valence-corrected chi connectivity index (χ4v) is 4.84. The summed E-state index contributed by atoms with van der Waals surface area (Å²) in [5.74, 6) is 0.730. The van der Waals surface area contributed by atoms with E-state index in [1.54, 1.807) is 6.92 Å². The minimum absolute atomic E-state index is 0.0467. The number of carbonyl (C=O) groups is 3. The molecule has 0 spiro atoms. The van der Waals surface area contributed by atoms with Crippen molar-refractivity contribution in [3.63, 3.8) is 0 Å². The SMILES string of the molecule is CC(=O)C(NC(=O)c1ccc(N2CCN(C(=O)C3CC3)CC2)cc1)C1CCCCC1. The Morgan fingerprint density at radius 3 is 2.10 bits per heavy atom. The number of hydrogen-bond acceptors (Lipinski definition) is 4. The van der Waals surface area contributed by atoms with Crippen molar-refractivity contribution < 1.29 is 14.4 Å². The first-order chi connectivity index (χ1) is 14.5. The number of anilines is 1. The average molecular weight is 412 g/mol. The number of amides is 2. The van der Waals surface area contributed by atoms with Gasteiger partial charge in [-0.2, -0.15) is 0 Å². The minimum atomic E-state index is -0.380. The van der Waals surface area contributed by atoms with Crippen LogP contribution in [-0.2, 0) is 9.59 Å². The van der Waals surface area contributed by atoms with Crippen LogP contribution in [0.4, 0.5) is 5.69 Å². The molecule has 3 fully saturated rings. The number of piperazine rings is 1. The van der Waals surface area contributed by atoms with Gasteiger partial charge < -0.3 is 15.1 Å². The van der Waals surface area contributed by atoms with Crippen molar-refractivity contribution in [1.29, 1.82) is 0 Å². The summed E-state index contributed by atoms with van der Waals surface area (Å²) in [6.45, 7) is 4.74. The molecule has 1 aromatic carbocycles. The van der Waals surface area contributed by atoms with Crippen molar-refractivity contribution in [2.24, 2.45) is 11.8 Å². The van der Waals surface area contributed by atoms with Gasteiger partial charge in [-0.15, -0.1) is 0 Å². The molecule has 2 saturated carbocycles. The van der Waals surface area contributed by atoms with Crippen LogP contribution in [-0.4, -0.2) is 54.7 Å². The van der Waals surface area contributed by atoms with Gasteiger partial charge in [0.05, 0.1) is 6.04 Å². The molecule has 0 radical (unpaired) electrons. The van der Waals surface area contributed by atoms with E-state index in [1.807, 2.05) is 29.2 Å². The topological polar surface area (TPSA) is 69.7 Å². The Kier molecular flexibility index (Phi) is 6.40. The molecule has 4 rings (SSSR count). The predicted octanol–water partition coefficient (Wildman–Crippen LogP) is 3.01. The van der Waals surface area contributed by atoms with Crippen molar-refractivity contribution >= 4 is 23.3 Å². The summed E-state index contributed by atoms with van der Waals surface area (Å²) in [4.78, 5) is 41.4. The standard InChI is InChI=1S/C24H33N3O3/c1-17(28)22(18-5-3-2-4-6-18)25-23(29)19-9-11-21(12-10-19)26-13-15-27(16-14-26)24(30)20-7-8-20/h9-12,18,20,22H,2-8,13-16H2,1H3,(H,25,29). The van der Waals surface area contributed by atoms with Crippen LogP contribution in [0.25, 0.3) is 0 Å². The summed E-state index contributed by atoms with van der Waals surface area (Å²) in [6.07, 6.45) is 7.62. The van der Waals surface area contributed by atoms with Crippen LogP contribution in [0.3, 0.4) is 0 Å². The fourth-order valence-electron chi connectivity index (χ4n) is 4.84. The van der Waals surface area contributed by atoms with E-state index >= 15 is 0 Å². The van der Waals surface area contributed by atoms with E-state index in [0.29, 0.717) is 11.5 Å². The molecule has 6 heteroatoms. The van der Waals surface area contributed by atoms with Crippen LogP contribution in [0.5, 0.6) is 0 Å². The summed E-state index contributed by atoms with van der Waals surface area (Å²) in [5.41, 5.74) is 1.66. The van der Waals surface area contributed by atoms with Crippen LogP contribution < -0.4 is 10.2 Å². The molecule has 1 aliphatic heterocycles. The lowest BCUT2D eigenvalue weighted by Gasteiger charge is -2.36. The van der Waals surface area contributed by atoms with Crippen LogP contribution in [0.15, 0.2) is 24.3 Å². The highest BCUT2D eigenvalue weighted by Crippen LogP contribution is 2.31. The lowest BCUT2D eigenvalue weighted by molar-refractivity contribution is -0.132. The number of ketones is 1. The van der Waals surface area contributed by atoms with Crippen LogP contribution >= 0.6 is 0 Å². The van der Waals surface area contributed by atoms with Gasteiger partial charge in [0, 0.05) is 43.3 Å². The molecule has 2 amide bonds. The zero-order valence-electron chi connectivity index (χ0n) is 17.9. The molecule has 2 aliphatic carbocycles. The molecule has 1 unspecified atom stereocenters. The molecule has 3 aliphatic rings. The quantitative estimate of drug-likeness (QED) is 0.781. The Balaban J connectivity index is 1.33. The number of nitrogens with zero attached hydrogens (tertiary/aromatic N) is 2. The Labute approximate surface area is 179 Å². The van der Waals surface area contributed by atoms with Gasteiger partial charge >= 0.3 is 0 Å².